The fourth-order valence-corrected chi connectivity index (χ4v) is 0.766. The Morgan fingerprint density at radius 3 is 2.21 bits per heavy atom. The normalized spacial score (nSPS) is 14.0. The van der Waals surface area contributed by atoms with Crippen molar-refractivity contribution >= 4 is 11.9 Å². The zero-order valence-electron chi connectivity index (χ0n) is 9.05. The predicted molar refractivity (Wildman–Crippen MR) is 51.6 cm³/mol. The third-order valence-electron chi connectivity index (χ3n) is 1.96. The van der Waals surface area contributed by atoms with Gasteiger partial charge in [0.25, 0.3) is 0 Å². The molecule has 80 valence electrons. The van der Waals surface area contributed by atoms with Gasteiger partial charge in [0, 0.05) is 5.57 Å². The molecule has 0 aliphatic heterocycles. The Morgan fingerprint density at radius 2 is 1.93 bits per heavy atom. The first-order valence-corrected chi connectivity index (χ1v) is 4.34. The van der Waals surface area contributed by atoms with E-state index in [0.717, 1.165) is 0 Å². The standard InChI is InChI=1S/C10H16O4/c1-6-10(4,9(12)13-5)14-8(11)7(2)3/h2,6H2,1,3-5H3. The van der Waals surface area contributed by atoms with Gasteiger partial charge in [-0.2, -0.15) is 0 Å². The van der Waals surface area contributed by atoms with E-state index >= 15 is 0 Å². The van der Waals surface area contributed by atoms with Gasteiger partial charge in [-0.05, 0) is 20.3 Å². The smallest absolute Gasteiger partial charge is 0.350 e. The SMILES string of the molecule is C=C(C)C(=O)OC(C)(CC)C(=O)OC. The van der Waals surface area contributed by atoms with Crippen molar-refractivity contribution in [2.45, 2.75) is 32.8 Å². The molecule has 0 saturated carbocycles. The van der Waals surface area contributed by atoms with Crippen LogP contribution in [-0.2, 0) is 19.1 Å². The van der Waals surface area contributed by atoms with E-state index in [2.05, 4.69) is 11.3 Å². The molecule has 0 amide bonds. The molecule has 0 aromatic carbocycles. The minimum absolute atomic E-state index is 0.258. The Balaban J connectivity index is 4.64. The van der Waals surface area contributed by atoms with Gasteiger partial charge in [0.15, 0.2) is 0 Å². The average molecular weight is 200 g/mol. The van der Waals surface area contributed by atoms with Crippen molar-refractivity contribution in [3.63, 3.8) is 0 Å². The molecule has 0 aliphatic carbocycles. The summed E-state index contributed by atoms with van der Waals surface area (Å²) in [5, 5.41) is 0. The van der Waals surface area contributed by atoms with Gasteiger partial charge in [-0.3, -0.25) is 0 Å². The van der Waals surface area contributed by atoms with Crippen LogP contribution in [-0.4, -0.2) is 24.6 Å². The maximum absolute atomic E-state index is 11.3. The fourth-order valence-electron chi connectivity index (χ4n) is 0.766. The molecule has 0 aromatic heterocycles. The minimum Gasteiger partial charge on any atom is -0.466 e. The Hall–Kier alpha value is -1.32. The van der Waals surface area contributed by atoms with Crippen LogP contribution in [0.15, 0.2) is 12.2 Å². The maximum Gasteiger partial charge on any atom is 0.350 e. The first kappa shape index (κ1) is 12.7. The highest BCUT2D eigenvalue weighted by atomic mass is 16.6. The van der Waals surface area contributed by atoms with Crippen LogP contribution >= 0.6 is 0 Å². The topological polar surface area (TPSA) is 52.6 Å². The average Bonchev–Trinajstić information content (AvgIpc) is 2.15. The van der Waals surface area contributed by atoms with Gasteiger partial charge in [0.1, 0.15) is 0 Å². The van der Waals surface area contributed by atoms with Crippen LogP contribution in [0.4, 0.5) is 0 Å². The van der Waals surface area contributed by atoms with Gasteiger partial charge in [0.05, 0.1) is 7.11 Å². The summed E-state index contributed by atoms with van der Waals surface area (Å²) in [6, 6.07) is 0. The van der Waals surface area contributed by atoms with Crippen molar-refractivity contribution < 1.29 is 19.1 Å². The molecule has 4 nitrogen and oxygen atoms in total. The number of hydrogen-bond acceptors (Lipinski definition) is 4. The highest BCUT2D eigenvalue weighted by Gasteiger charge is 2.36. The van der Waals surface area contributed by atoms with Crippen LogP contribution < -0.4 is 0 Å². The number of esters is 2. The molecule has 0 heterocycles. The van der Waals surface area contributed by atoms with E-state index in [1.54, 1.807) is 6.92 Å². The van der Waals surface area contributed by atoms with E-state index in [0.29, 0.717) is 6.42 Å². The third kappa shape index (κ3) is 2.87. The van der Waals surface area contributed by atoms with Gasteiger partial charge in [-0.25, -0.2) is 9.59 Å². The number of hydrogen-bond donors (Lipinski definition) is 0. The Bertz CT molecular complexity index is 257. The molecule has 0 bridgehead atoms. The predicted octanol–water partition coefficient (Wildman–Crippen LogP) is 1.45. The molecule has 0 rings (SSSR count). The van der Waals surface area contributed by atoms with Crippen LogP contribution in [0.3, 0.4) is 0 Å². The summed E-state index contributed by atoms with van der Waals surface area (Å²) in [6.45, 7) is 8.21. The number of methoxy groups -OCH3 is 1. The van der Waals surface area contributed by atoms with Gasteiger partial charge in [0.2, 0.25) is 5.60 Å². The molecule has 0 aliphatic rings. The lowest BCUT2D eigenvalue weighted by Crippen LogP contribution is -2.40. The largest absolute Gasteiger partial charge is 0.466 e. The molecule has 0 fully saturated rings. The van der Waals surface area contributed by atoms with E-state index in [4.69, 9.17) is 4.74 Å². The van der Waals surface area contributed by atoms with Crippen molar-refractivity contribution in [1.82, 2.24) is 0 Å². The lowest BCUT2D eigenvalue weighted by Gasteiger charge is -2.25. The molecular weight excluding hydrogens is 184 g/mol. The second-order valence-corrected chi connectivity index (χ2v) is 3.25. The van der Waals surface area contributed by atoms with E-state index in [1.165, 1.54) is 21.0 Å². The van der Waals surface area contributed by atoms with Crippen molar-refractivity contribution in [2.24, 2.45) is 0 Å². The molecule has 0 saturated heterocycles. The van der Waals surface area contributed by atoms with Crippen LogP contribution in [0.5, 0.6) is 0 Å². The number of rotatable bonds is 4. The van der Waals surface area contributed by atoms with Crippen molar-refractivity contribution in [2.75, 3.05) is 7.11 Å². The molecule has 1 atom stereocenters. The van der Waals surface area contributed by atoms with Crippen LogP contribution in [0, 0.1) is 0 Å². The molecule has 14 heavy (non-hydrogen) atoms. The summed E-state index contributed by atoms with van der Waals surface area (Å²) in [7, 11) is 1.25. The van der Waals surface area contributed by atoms with Gasteiger partial charge < -0.3 is 9.47 Å². The minimum atomic E-state index is -1.22. The van der Waals surface area contributed by atoms with E-state index in [9.17, 15) is 9.59 Å². The van der Waals surface area contributed by atoms with E-state index < -0.39 is 17.5 Å². The number of carbonyl (C=O) groups is 2. The second-order valence-electron chi connectivity index (χ2n) is 3.25. The molecule has 0 N–H and O–H groups in total. The van der Waals surface area contributed by atoms with Gasteiger partial charge in [-0.15, -0.1) is 0 Å². The zero-order valence-corrected chi connectivity index (χ0v) is 9.05. The monoisotopic (exact) mass is 200 g/mol. The summed E-state index contributed by atoms with van der Waals surface area (Å²) in [5.41, 5.74) is -0.960. The Kier molecular flexibility index (Phi) is 4.34. The molecular formula is C10H16O4. The van der Waals surface area contributed by atoms with Crippen molar-refractivity contribution in [3.05, 3.63) is 12.2 Å². The summed E-state index contributed by atoms with van der Waals surface area (Å²) < 4.78 is 9.53. The van der Waals surface area contributed by atoms with Gasteiger partial charge in [-0.1, -0.05) is 13.5 Å². The van der Waals surface area contributed by atoms with E-state index in [-0.39, 0.29) is 5.57 Å². The van der Waals surface area contributed by atoms with Crippen molar-refractivity contribution in [3.8, 4) is 0 Å². The summed E-state index contributed by atoms with van der Waals surface area (Å²) in [4.78, 5) is 22.5. The second kappa shape index (κ2) is 4.79. The number of ether oxygens (including phenoxy) is 2. The van der Waals surface area contributed by atoms with Gasteiger partial charge >= 0.3 is 11.9 Å². The number of carbonyl (C=O) groups excluding carboxylic acids is 2. The quantitative estimate of drug-likeness (QED) is 0.509. The molecule has 0 radical (unpaired) electrons. The van der Waals surface area contributed by atoms with Crippen LogP contribution in [0.1, 0.15) is 27.2 Å². The first-order valence-electron chi connectivity index (χ1n) is 4.34. The Morgan fingerprint density at radius 1 is 1.43 bits per heavy atom. The first-order chi connectivity index (χ1) is 6.37. The Labute approximate surface area is 83.9 Å². The molecule has 0 spiro atoms. The fraction of sp³-hybridized carbons (Fsp3) is 0.600. The third-order valence-corrected chi connectivity index (χ3v) is 1.96. The van der Waals surface area contributed by atoms with Crippen LogP contribution in [0.2, 0.25) is 0 Å². The molecule has 0 aromatic rings. The highest BCUT2D eigenvalue weighted by Crippen LogP contribution is 2.18. The summed E-state index contributed by atoms with van der Waals surface area (Å²) >= 11 is 0. The summed E-state index contributed by atoms with van der Waals surface area (Å²) in [5.74, 6) is -1.14. The lowest BCUT2D eigenvalue weighted by atomic mass is 10.0. The molecule has 4 heteroatoms. The maximum atomic E-state index is 11.3. The lowest BCUT2D eigenvalue weighted by molar-refractivity contribution is -0.176. The zero-order chi connectivity index (χ0) is 11.4. The van der Waals surface area contributed by atoms with Crippen molar-refractivity contribution in [1.29, 1.82) is 0 Å². The molecule has 1 unspecified atom stereocenters. The summed E-state index contributed by atoms with van der Waals surface area (Å²) in [6.07, 6.45) is 0.360. The van der Waals surface area contributed by atoms with Crippen LogP contribution in [0.25, 0.3) is 0 Å². The highest BCUT2D eigenvalue weighted by molar-refractivity contribution is 5.90. The van der Waals surface area contributed by atoms with E-state index in [1.807, 2.05) is 0 Å².